The van der Waals surface area contributed by atoms with Crippen LogP contribution in [0.2, 0.25) is 0 Å². The van der Waals surface area contributed by atoms with Crippen molar-refractivity contribution in [1.29, 1.82) is 0 Å². The molecule has 0 bridgehead atoms. The van der Waals surface area contributed by atoms with Crippen LogP contribution in [0.15, 0.2) is 66.7 Å². The van der Waals surface area contributed by atoms with Gasteiger partial charge >= 0.3 is 5.97 Å². The first-order chi connectivity index (χ1) is 15.2. The number of nitrogens with zero attached hydrogens (tertiary/aromatic N) is 3. The van der Waals surface area contributed by atoms with Gasteiger partial charge in [0, 0.05) is 0 Å². The van der Waals surface area contributed by atoms with E-state index < -0.39 is 5.97 Å². The highest BCUT2D eigenvalue weighted by molar-refractivity contribution is 5.94. The molecular formula is C24H23N3O4. The van der Waals surface area contributed by atoms with Crippen LogP contribution in [0.3, 0.4) is 0 Å². The number of hydrogen-bond acceptors (Lipinski definition) is 6. The van der Waals surface area contributed by atoms with Gasteiger partial charge in [-0.2, -0.15) is 0 Å². The van der Waals surface area contributed by atoms with Crippen LogP contribution in [-0.4, -0.2) is 32.9 Å². The Morgan fingerprint density at radius 3 is 2.39 bits per heavy atom. The third kappa shape index (κ3) is 4.66. The van der Waals surface area contributed by atoms with Crippen molar-refractivity contribution in [3.8, 4) is 22.6 Å². The number of esters is 1. The van der Waals surface area contributed by atoms with Crippen LogP contribution in [0.5, 0.6) is 11.5 Å². The van der Waals surface area contributed by atoms with Crippen molar-refractivity contribution >= 4 is 17.0 Å². The van der Waals surface area contributed by atoms with Gasteiger partial charge in [0.1, 0.15) is 11.3 Å². The van der Waals surface area contributed by atoms with E-state index in [1.165, 1.54) is 12.8 Å². The molecule has 4 rings (SSSR count). The lowest BCUT2D eigenvalue weighted by molar-refractivity contribution is 0.0736. The van der Waals surface area contributed by atoms with E-state index in [0.717, 1.165) is 29.9 Å². The standard InChI is InChI=1S/C24H23N3O4/c1-2-3-4-16-30-20-14-12-18(13-15-20)17-8-10-19(11-9-17)24(28)31-22-7-5-6-21-23(22)25-26-27(21)29/h5-15,29H,2-4,16H2,1H3. The first kappa shape index (κ1) is 20.4. The molecule has 0 aliphatic carbocycles. The summed E-state index contributed by atoms with van der Waals surface area (Å²) < 4.78 is 11.2. The normalized spacial score (nSPS) is 10.9. The third-order valence-corrected chi connectivity index (χ3v) is 4.95. The second-order valence-electron chi connectivity index (χ2n) is 7.15. The molecule has 0 aliphatic rings. The molecule has 0 aliphatic heterocycles. The summed E-state index contributed by atoms with van der Waals surface area (Å²) in [6, 6.07) is 20.0. The maximum atomic E-state index is 12.5. The van der Waals surface area contributed by atoms with Crippen molar-refractivity contribution in [3.05, 3.63) is 72.3 Å². The summed E-state index contributed by atoms with van der Waals surface area (Å²) in [5, 5.41) is 17.0. The smallest absolute Gasteiger partial charge is 0.343 e. The average molecular weight is 417 g/mol. The van der Waals surface area contributed by atoms with E-state index in [0.29, 0.717) is 21.4 Å². The molecule has 0 saturated carbocycles. The van der Waals surface area contributed by atoms with E-state index in [1.54, 1.807) is 30.3 Å². The largest absolute Gasteiger partial charge is 0.494 e. The number of carbonyl (C=O) groups is 1. The molecule has 0 fully saturated rings. The first-order valence-electron chi connectivity index (χ1n) is 10.2. The number of rotatable bonds is 8. The van der Waals surface area contributed by atoms with Crippen molar-refractivity contribution in [3.63, 3.8) is 0 Å². The second-order valence-corrected chi connectivity index (χ2v) is 7.15. The molecule has 1 heterocycles. The zero-order valence-corrected chi connectivity index (χ0v) is 17.2. The lowest BCUT2D eigenvalue weighted by atomic mass is 10.0. The van der Waals surface area contributed by atoms with E-state index in [2.05, 4.69) is 17.2 Å². The Labute approximate surface area is 179 Å². The number of carbonyl (C=O) groups excluding carboxylic acids is 1. The molecule has 0 amide bonds. The average Bonchev–Trinajstić information content (AvgIpc) is 3.19. The second kappa shape index (κ2) is 9.30. The summed E-state index contributed by atoms with van der Waals surface area (Å²) >= 11 is 0. The minimum atomic E-state index is -0.512. The molecule has 31 heavy (non-hydrogen) atoms. The number of unbranched alkanes of at least 4 members (excludes halogenated alkanes) is 2. The van der Waals surface area contributed by atoms with Crippen LogP contribution >= 0.6 is 0 Å². The van der Waals surface area contributed by atoms with E-state index in [1.807, 2.05) is 36.4 Å². The fourth-order valence-electron chi connectivity index (χ4n) is 3.23. The lowest BCUT2D eigenvalue weighted by Crippen LogP contribution is -2.08. The molecular weight excluding hydrogens is 394 g/mol. The number of aromatic nitrogens is 3. The van der Waals surface area contributed by atoms with Gasteiger partial charge in [-0.3, -0.25) is 0 Å². The highest BCUT2D eigenvalue weighted by Gasteiger charge is 2.14. The van der Waals surface area contributed by atoms with Gasteiger partial charge in [-0.05, 0) is 59.2 Å². The molecule has 0 atom stereocenters. The highest BCUT2D eigenvalue weighted by Crippen LogP contribution is 2.25. The molecule has 0 radical (unpaired) electrons. The Hall–Kier alpha value is -3.87. The van der Waals surface area contributed by atoms with Crippen LogP contribution in [0.25, 0.3) is 22.2 Å². The third-order valence-electron chi connectivity index (χ3n) is 4.95. The van der Waals surface area contributed by atoms with Crippen LogP contribution < -0.4 is 9.47 Å². The summed E-state index contributed by atoms with van der Waals surface area (Å²) in [6.45, 7) is 2.90. The van der Waals surface area contributed by atoms with Crippen LogP contribution in [-0.2, 0) is 0 Å². The van der Waals surface area contributed by atoms with Crippen molar-refractivity contribution in [2.45, 2.75) is 26.2 Å². The van der Waals surface area contributed by atoms with Crippen molar-refractivity contribution < 1.29 is 19.5 Å². The first-order valence-corrected chi connectivity index (χ1v) is 10.2. The Bertz CT molecular complexity index is 1170. The molecule has 3 aromatic carbocycles. The van der Waals surface area contributed by atoms with E-state index in [4.69, 9.17) is 9.47 Å². The number of hydrogen-bond donors (Lipinski definition) is 1. The van der Waals surface area contributed by atoms with Gasteiger partial charge in [0.25, 0.3) is 0 Å². The Kier molecular flexibility index (Phi) is 6.12. The number of fused-ring (bicyclic) bond motifs is 1. The van der Waals surface area contributed by atoms with Crippen molar-refractivity contribution in [2.24, 2.45) is 0 Å². The molecule has 0 spiro atoms. The Morgan fingerprint density at radius 2 is 1.68 bits per heavy atom. The van der Waals surface area contributed by atoms with Gasteiger partial charge in [-0.1, -0.05) is 54.9 Å². The monoisotopic (exact) mass is 417 g/mol. The minimum absolute atomic E-state index is 0.237. The van der Waals surface area contributed by atoms with Gasteiger partial charge in [0.2, 0.25) is 0 Å². The fraction of sp³-hybridized carbons (Fsp3) is 0.208. The lowest BCUT2D eigenvalue weighted by Gasteiger charge is -2.08. The Balaban J connectivity index is 1.42. The van der Waals surface area contributed by atoms with Gasteiger partial charge in [0.05, 0.1) is 12.2 Å². The van der Waals surface area contributed by atoms with Crippen molar-refractivity contribution in [1.82, 2.24) is 15.2 Å². The topological polar surface area (TPSA) is 86.5 Å². The molecule has 0 unspecified atom stereocenters. The zero-order chi connectivity index (χ0) is 21.6. The van der Waals surface area contributed by atoms with Gasteiger partial charge < -0.3 is 14.7 Å². The van der Waals surface area contributed by atoms with Crippen LogP contribution in [0.1, 0.15) is 36.5 Å². The molecule has 0 saturated heterocycles. The molecule has 158 valence electrons. The van der Waals surface area contributed by atoms with E-state index in [9.17, 15) is 10.0 Å². The van der Waals surface area contributed by atoms with Gasteiger partial charge in [-0.15, -0.1) is 5.10 Å². The fourth-order valence-corrected chi connectivity index (χ4v) is 3.23. The Morgan fingerprint density at radius 1 is 0.968 bits per heavy atom. The summed E-state index contributed by atoms with van der Waals surface area (Å²) in [6.07, 6.45) is 3.40. The van der Waals surface area contributed by atoms with Crippen LogP contribution in [0.4, 0.5) is 0 Å². The molecule has 4 aromatic rings. The van der Waals surface area contributed by atoms with Gasteiger partial charge in [0.15, 0.2) is 11.3 Å². The van der Waals surface area contributed by atoms with E-state index >= 15 is 0 Å². The maximum absolute atomic E-state index is 12.5. The summed E-state index contributed by atoms with van der Waals surface area (Å²) in [5.41, 5.74) is 3.10. The van der Waals surface area contributed by atoms with E-state index in [-0.39, 0.29) is 5.75 Å². The quantitative estimate of drug-likeness (QED) is 0.185. The molecule has 1 aromatic heterocycles. The maximum Gasteiger partial charge on any atom is 0.343 e. The summed E-state index contributed by atoms with van der Waals surface area (Å²) in [7, 11) is 0. The van der Waals surface area contributed by atoms with Gasteiger partial charge in [-0.25, -0.2) is 4.79 Å². The minimum Gasteiger partial charge on any atom is -0.494 e. The SMILES string of the molecule is CCCCCOc1ccc(-c2ccc(C(=O)Oc3cccc4c3nnn4O)cc2)cc1. The number of benzene rings is 3. The molecule has 7 heteroatoms. The summed E-state index contributed by atoms with van der Waals surface area (Å²) in [4.78, 5) is 13.2. The molecule has 7 nitrogen and oxygen atoms in total. The predicted octanol–water partition coefficient (Wildman–Crippen LogP) is 5.12. The van der Waals surface area contributed by atoms with Crippen LogP contribution in [0, 0.1) is 0 Å². The zero-order valence-electron chi connectivity index (χ0n) is 17.2. The predicted molar refractivity (Wildman–Crippen MR) is 117 cm³/mol. The summed E-state index contributed by atoms with van der Waals surface area (Å²) in [5.74, 6) is 0.581. The van der Waals surface area contributed by atoms with Crippen molar-refractivity contribution in [2.75, 3.05) is 6.61 Å². The highest BCUT2D eigenvalue weighted by atomic mass is 16.5. The number of ether oxygens (including phenoxy) is 2. The molecule has 1 N–H and O–H groups in total.